The molecule has 1 aromatic heterocycles. The predicted molar refractivity (Wildman–Crippen MR) is 94.5 cm³/mol. The van der Waals surface area contributed by atoms with Crippen molar-refractivity contribution in [3.8, 4) is 11.3 Å². The highest BCUT2D eigenvalue weighted by Gasteiger charge is 2.18. The molecule has 0 unspecified atom stereocenters. The van der Waals surface area contributed by atoms with Gasteiger partial charge in [0.05, 0.1) is 10.9 Å². The molecule has 2 aromatic carbocycles. The van der Waals surface area contributed by atoms with Crippen LogP contribution in [0, 0.1) is 6.92 Å². The topological polar surface area (TPSA) is 11.3 Å². The zero-order valence-corrected chi connectivity index (χ0v) is 13.6. The van der Waals surface area contributed by atoms with Crippen LogP contribution in [0.4, 0.5) is 0 Å². The van der Waals surface area contributed by atoms with E-state index in [1.54, 1.807) is 0 Å². The Labute approximate surface area is 136 Å². The molecular weight excluding hydrogens is 292 g/mol. The fourth-order valence-electron chi connectivity index (χ4n) is 2.68. The van der Waals surface area contributed by atoms with E-state index < -0.39 is 0 Å². The molecule has 22 heavy (non-hydrogen) atoms. The largest absolute Gasteiger partial charge is 0.361 e. The SMILES string of the molecule is Cc1ccc(-c2cc(CCCCCl)c3ccccc3[o+]2)cc1. The fourth-order valence-corrected chi connectivity index (χ4v) is 2.87. The second kappa shape index (κ2) is 6.93. The van der Waals surface area contributed by atoms with Gasteiger partial charge in [0.15, 0.2) is 0 Å². The maximum atomic E-state index is 6.11. The lowest BCUT2D eigenvalue weighted by Crippen LogP contribution is -1.91. The summed E-state index contributed by atoms with van der Waals surface area (Å²) < 4.78 is 6.11. The van der Waals surface area contributed by atoms with E-state index in [0.29, 0.717) is 0 Å². The molecule has 1 heterocycles. The van der Waals surface area contributed by atoms with Crippen LogP contribution in [0.2, 0.25) is 0 Å². The van der Waals surface area contributed by atoms with Crippen LogP contribution in [-0.4, -0.2) is 5.88 Å². The summed E-state index contributed by atoms with van der Waals surface area (Å²) in [4.78, 5) is 0. The quantitative estimate of drug-likeness (QED) is 0.308. The van der Waals surface area contributed by atoms with Crippen molar-refractivity contribution in [1.82, 2.24) is 0 Å². The summed E-state index contributed by atoms with van der Waals surface area (Å²) in [6, 6.07) is 18.9. The van der Waals surface area contributed by atoms with Crippen LogP contribution in [0.5, 0.6) is 0 Å². The molecule has 3 aromatic rings. The molecule has 0 spiro atoms. The number of benzene rings is 2. The van der Waals surface area contributed by atoms with E-state index in [1.165, 1.54) is 16.5 Å². The molecule has 2 heteroatoms. The lowest BCUT2D eigenvalue weighted by atomic mass is 10.0. The third-order valence-corrected chi connectivity index (χ3v) is 4.19. The van der Waals surface area contributed by atoms with E-state index in [4.69, 9.17) is 16.0 Å². The van der Waals surface area contributed by atoms with Gasteiger partial charge in [0, 0.05) is 18.0 Å². The van der Waals surface area contributed by atoms with Gasteiger partial charge in [0.1, 0.15) is 0 Å². The lowest BCUT2D eigenvalue weighted by Gasteiger charge is -2.03. The monoisotopic (exact) mass is 311 g/mol. The molecule has 112 valence electrons. The molecule has 0 fully saturated rings. The number of halogens is 1. The Morgan fingerprint density at radius 1 is 0.955 bits per heavy atom. The van der Waals surface area contributed by atoms with Crippen molar-refractivity contribution in [2.24, 2.45) is 0 Å². The number of aryl methyl sites for hydroxylation is 2. The molecule has 0 saturated carbocycles. The Morgan fingerprint density at radius 3 is 2.50 bits per heavy atom. The van der Waals surface area contributed by atoms with Gasteiger partial charge in [-0.15, -0.1) is 11.6 Å². The molecule has 0 aliphatic heterocycles. The van der Waals surface area contributed by atoms with Gasteiger partial charge in [-0.3, -0.25) is 0 Å². The van der Waals surface area contributed by atoms with Crippen molar-refractivity contribution in [3.05, 3.63) is 65.7 Å². The van der Waals surface area contributed by atoms with Crippen molar-refractivity contribution >= 4 is 22.6 Å². The summed E-state index contributed by atoms with van der Waals surface area (Å²) in [5, 5.41) is 1.20. The van der Waals surface area contributed by atoms with Gasteiger partial charge in [0.25, 0.3) is 0 Å². The molecule has 0 aliphatic carbocycles. The van der Waals surface area contributed by atoms with Crippen molar-refractivity contribution in [2.45, 2.75) is 26.2 Å². The maximum Gasteiger partial charge on any atom is 0.361 e. The first-order valence-electron chi connectivity index (χ1n) is 7.76. The van der Waals surface area contributed by atoms with E-state index in [2.05, 4.69) is 49.4 Å². The summed E-state index contributed by atoms with van der Waals surface area (Å²) in [5.74, 6) is 1.65. The first-order chi connectivity index (χ1) is 10.8. The molecule has 0 saturated heterocycles. The Bertz CT molecular complexity index is 762. The van der Waals surface area contributed by atoms with Crippen molar-refractivity contribution < 1.29 is 4.42 Å². The molecule has 0 amide bonds. The molecule has 0 bridgehead atoms. The highest BCUT2D eigenvalue weighted by atomic mass is 35.5. The first kappa shape index (κ1) is 15.1. The summed E-state index contributed by atoms with van der Waals surface area (Å²) in [6.45, 7) is 2.10. The zero-order valence-electron chi connectivity index (χ0n) is 12.8. The Morgan fingerprint density at radius 2 is 1.73 bits per heavy atom. The summed E-state index contributed by atoms with van der Waals surface area (Å²) in [7, 11) is 0. The standard InChI is InChI=1S/C20H20ClO/c1-15-9-11-16(12-10-15)20-14-17(6-4-5-13-21)18-7-2-3-8-19(18)22-20/h2-3,7-12,14H,4-6,13H2,1H3/q+1. The van der Waals surface area contributed by atoms with E-state index in [1.807, 2.05) is 12.1 Å². The molecule has 0 atom stereocenters. The van der Waals surface area contributed by atoms with Gasteiger partial charge in [-0.25, -0.2) is 4.42 Å². The average molecular weight is 312 g/mol. The van der Waals surface area contributed by atoms with Crippen LogP contribution in [0.3, 0.4) is 0 Å². The van der Waals surface area contributed by atoms with E-state index >= 15 is 0 Å². The minimum absolute atomic E-state index is 0.722. The summed E-state index contributed by atoms with van der Waals surface area (Å²) >= 11 is 5.81. The number of para-hydroxylation sites is 1. The fraction of sp³-hybridized carbons (Fsp3) is 0.250. The number of rotatable bonds is 5. The van der Waals surface area contributed by atoms with Crippen LogP contribution < -0.4 is 0 Å². The highest BCUT2D eigenvalue weighted by molar-refractivity contribution is 6.17. The van der Waals surface area contributed by atoms with E-state index in [0.717, 1.165) is 42.0 Å². The smallest absolute Gasteiger partial charge is 0.207 e. The zero-order chi connectivity index (χ0) is 15.4. The average Bonchev–Trinajstić information content (AvgIpc) is 2.55. The minimum atomic E-state index is 0.722. The summed E-state index contributed by atoms with van der Waals surface area (Å²) in [5.41, 5.74) is 4.66. The Kier molecular flexibility index (Phi) is 4.74. The minimum Gasteiger partial charge on any atom is -0.207 e. The predicted octanol–water partition coefficient (Wildman–Crippen LogP) is 6.25. The third-order valence-electron chi connectivity index (χ3n) is 3.92. The number of hydrogen-bond acceptors (Lipinski definition) is 0. The number of fused-ring (bicyclic) bond motifs is 1. The second-order valence-corrected chi connectivity index (χ2v) is 6.02. The van der Waals surface area contributed by atoms with Gasteiger partial charge in [0.2, 0.25) is 0 Å². The molecule has 0 aliphatic rings. The number of unbranched alkanes of at least 4 members (excludes halogenated alkanes) is 1. The van der Waals surface area contributed by atoms with Crippen molar-refractivity contribution in [2.75, 3.05) is 5.88 Å². The lowest BCUT2D eigenvalue weighted by molar-refractivity contribution is 0.617. The van der Waals surface area contributed by atoms with Gasteiger partial charge < -0.3 is 0 Å². The summed E-state index contributed by atoms with van der Waals surface area (Å²) in [6.07, 6.45) is 3.18. The number of alkyl halides is 1. The maximum absolute atomic E-state index is 6.11. The first-order valence-corrected chi connectivity index (χ1v) is 8.29. The molecule has 0 N–H and O–H groups in total. The Hall–Kier alpha value is -1.86. The number of hydrogen-bond donors (Lipinski definition) is 0. The molecule has 3 rings (SSSR count). The van der Waals surface area contributed by atoms with E-state index in [9.17, 15) is 0 Å². The highest BCUT2D eigenvalue weighted by Crippen LogP contribution is 2.29. The normalized spacial score (nSPS) is 11.0. The van der Waals surface area contributed by atoms with E-state index in [-0.39, 0.29) is 0 Å². The molecule has 0 radical (unpaired) electrons. The van der Waals surface area contributed by atoms with Crippen LogP contribution in [0.25, 0.3) is 22.3 Å². The van der Waals surface area contributed by atoms with Crippen molar-refractivity contribution in [1.29, 1.82) is 0 Å². The van der Waals surface area contributed by atoms with Gasteiger partial charge in [-0.1, -0.05) is 29.8 Å². The molecule has 1 nitrogen and oxygen atoms in total. The third kappa shape index (κ3) is 3.31. The molecular formula is C20H20ClO+. The second-order valence-electron chi connectivity index (χ2n) is 5.64. The van der Waals surface area contributed by atoms with Crippen LogP contribution in [-0.2, 0) is 6.42 Å². The Balaban J connectivity index is 2.05. The van der Waals surface area contributed by atoms with Gasteiger partial charge in [-0.05, 0) is 49.9 Å². The van der Waals surface area contributed by atoms with Crippen LogP contribution in [0.1, 0.15) is 24.0 Å². The van der Waals surface area contributed by atoms with Gasteiger partial charge >= 0.3 is 11.3 Å². The van der Waals surface area contributed by atoms with Crippen LogP contribution >= 0.6 is 11.6 Å². The van der Waals surface area contributed by atoms with Gasteiger partial charge in [-0.2, -0.15) is 0 Å². The van der Waals surface area contributed by atoms with Crippen molar-refractivity contribution in [3.63, 3.8) is 0 Å². The van der Waals surface area contributed by atoms with Crippen LogP contribution in [0.15, 0.2) is 59.0 Å².